The van der Waals surface area contributed by atoms with E-state index in [1.807, 2.05) is 0 Å². The zero-order valence-corrected chi connectivity index (χ0v) is 9.16. The summed E-state index contributed by atoms with van der Waals surface area (Å²) in [5, 5.41) is 0. The van der Waals surface area contributed by atoms with Crippen LogP contribution in [0.1, 0.15) is 46.0 Å². The number of rotatable bonds is 5. The molecule has 1 saturated carbocycles. The molecule has 0 saturated heterocycles. The van der Waals surface area contributed by atoms with Crippen molar-refractivity contribution < 1.29 is 9.59 Å². The fraction of sp³-hybridized carbons (Fsp3) is 0.833. The first-order valence-corrected chi connectivity index (χ1v) is 5.57. The van der Waals surface area contributed by atoms with Gasteiger partial charge in [-0.15, -0.1) is 0 Å². The lowest BCUT2D eigenvalue weighted by molar-refractivity contribution is -0.131. The second-order valence-electron chi connectivity index (χ2n) is 4.93. The van der Waals surface area contributed by atoms with Crippen LogP contribution >= 0.6 is 0 Å². The highest BCUT2D eigenvalue weighted by Gasteiger charge is 2.40. The maximum Gasteiger partial charge on any atom is 0.133 e. The molecule has 0 heterocycles. The van der Waals surface area contributed by atoms with Crippen molar-refractivity contribution in [1.82, 2.24) is 0 Å². The monoisotopic (exact) mass is 196 g/mol. The standard InChI is InChI=1S/C12H20O2/c1-10(2)7-12(8-13,9-14)11-5-3-4-6-11/h8-11H,3-7H2,1-2H3. The third-order valence-electron chi connectivity index (χ3n) is 3.32. The highest BCUT2D eigenvalue weighted by Crippen LogP contribution is 2.41. The van der Waals surface area contributed by atoms with Crippen molar-refractivity contribution in [2.75, 3.05) is 0 Å². The number of carbonyl (C=O) groups excluding carboxylic acids is 2. The second kappa shape index (κ2) is 4.72. The molecular weight excluding hydrogens is 176 g/mol. The zero-order chi connectivity index (χ0) is 10.6. The van der Waals surface area contributed by atoms with E-state index in [9.17, 15) is 9.59 Å². The quantitative estimate of drug-likeness (QED) is 0.500. The molecular formula is C12H20O2. The minimum absolute atomic E-state index is 0.305. The lowest BCUT2D eigenvalue weighted by Crippen LogP contribution is -2.34. The average Bonchev–Trinajstić information content (AvgIpc) is 2.67. The molecule has 0 amide bonds. The van der Waals surface area contributed by atoms with E-state index in [2.05, 4.69) is 13.8 Å². The minimum atomic E-state index is -0.676. The van der Waals surface area contributed by atoms with Crippen LogP contribution in [-0.2, 0) is 9.59 Å². The van der Waals surface area contributed by atoms with Crippen molar-refractivity contribution in [1.29, 1.82) is 0 Å². The molecule has 80 valence electrons. The molecule has 1 rings (SSSR count). The molecule has 1 aliphatic carbocycles. The summed E-state index contributed by atoms with van der Waals surface area (Å²) in [4.78, 5) is 22.3. The predicted octanol–water partition coefficient (Wildman–Crippen LogP) is 2.61. The second-order valence-corrected chi connectivity index (χ2v) is 4.93. The summed E-state index contributed by atoms with van der Waals surface area (Å²) < 4.78 is 0. The third-order valence-corrected chi connectivity index (χ3v) is 3.32. The van der Waals surface area contributed by atoms with Crippen LogP contribution in [-0.4, -0.2) is 12.6 Å². The van der Waals surface area contributed by atoms with Gasteiger partial charge in [0.15, 0.2) is 0 Å². The molecule has 2 heteroatoms. The summed E-state index contributed by atoms with van der Waals surface area (Å²) in [6.45, 7) is 4.13. The molecule has 0 aliphatic heterocycles. The summed E-state index contributed by atoms with van der Waals surface area (Å²) in [5.41, 5.74) is -0.676. The van der Waals surface area contributed by atoms with Gasteiger partial charge in [-0.1, -0.05) is 26.7 Å². The highest BCUT2D eigenvalue weighted by atomic mass is 16.1. The van der Waals surface area contributed by atoms with Gasteiger partial charge in [0.25, 0.3) is 0 Å². The summed E-state index contributed by atoms with van der Waals surface area (Å²) in [5.74, 6) is 0.714. The normalized spacial score (nSPS) is 18.8. The number of aldehydes is 2. The van der Waals surface area contributed by atoms with E-state index in [0.717, 1.165) is 25.4 Å². The van der Waals surface area contributed by atoms with Gasteiger partial charge in [0.2, 0.25) is 0 Å². The van der Waals surface area contributed by atoms with Crippen LogP contribution in [0.15, 0.2) is 0 Å². The van der Waals surface area contributed by atoms with Gasteiger partial charge in [0.05, 0.1) is 5.41 Å². The molecule has 1 fully saturated rings. The number of hydrogen-bond donors (Lipinski definition) is 0. The Labute approximate surface area is 86.1 Å². The van der Waals surface area contributed by atoms with E-state index in [-0.39, 0.29) is 0 Å². The summed E-state index contributed by atoms with van der Waals surface area (Å²) in [6, 6.07) is 0. The van der Waals surface area contributed by atoms with Crippen molar-refractivity contribution in [3.05, 3.63) is 0 Å². The van der Waals surface area contributed by atoms with Crippen molar-refractivity contribution >= 4 is 12.6 Å². The van der Waals surface area contributed by atoms with Gasteiger partial charge in [-0.3, -0.25) is 0 Å². The van der Waals surface area contributed by atoms with E-state index >= 15 is 0 Å². The lowest BCUT2D eigenvalue weighted by Gasteiger charge is -2.29. The third kappa shape index (κ3) is 2.23. The first-order chi connectivity index (χ1) is 6.64. The van der Waals surface area contributed by atoms with E-state index in [1.165, 1.54) is 12.8 Å². The Kier molecular flexibility index (Phi) is 3.85. The fourth-order valence-corrected chi connectivity index (χ4v) is 2.65. The Hall–Kier alpha value is -0.660. The van der Waals surface area contributed by atoms with E-state index in [4.69, 9.17) is 0 Å². The van der Waals surface area contributed by atoms with Crippen LogP contribution in [0.5, 0.6) is 0 Å². The van der Waals surface area contributed by atoms with Gasteiger partial charge in [-0.25, -0.2) is 0 Å². The topological polar surface area (TPSA) is 34.1 Å². The molecule has 0 unspecified atom stereocenters. The van der Waals surface area contributed by atoms with Crippen molar-refractivity contribution in [3.63, 3.8) is 0 Å². The smallest absolute Gasteiger partial charge is 0.133 e. The molecule has 2 nitrogen and oxygen atoms in total. The van der Waals surface area contributed by atoms with Gasteiger partial charge in [0, 0.05) is 0 Å². The molecule has 1 aliphatic rings. The Morgan fingerprint density at radius 1 is 1.21 bits per heavy atom. The number of carbonyl (C=O) groups is 2. The maximum absolute atomic E-state index is 11.1. The molecule has 0 aromatic heterocycles. The minimum Gasteiger partial charge on any atom is -0.302 e. The SMILES string of the molecule is CC(C)CC(C=O)(C=O)C1CCCC1. The highest BCUT2D eigenvalue weighted by molar-refractivity contribution is 5.84. The molecule has 0 aromatic rings. The van der Waals surface area contributed by atoms with Crippen LogP contribution in [0.2, 0.25) is 0 Å². The van der Waals surface area contributed by atoms with Crippen LogP contribution < -0.4 is 0 Å². The fourth-order valence-electron chi connectivity index (χ4n) is 2.65. The van der Waals surface area contributed by atoms with Crippen molar-refractivity contribution in [2.24, 2.45) is 17.3 Å². The van der Waals surface area contributed by atoms with Gasteiger partial charge in [-0.2, -0.15) is 0 Å². The molecule has 0 radical (unpaired) electrons. The van der Waals surface area contributed by atoms with Gasteiger partial charge >= 0.3 is 0 Å². The van der Waals surface area contributed by atoms with Crippen LogP contribution in [0.25, 0.3) is 0 Å². The predicted molar refractivity (Wildman–Crippen MR) is 56.0 cm³/mol. The molecule has 0 atom stereocenters. The maximum atomic E-state index is 11.1. The Balaban J connectivity index is 2.77. The molecule has 0 spiro atoms. The molecule has 0 bridgehead atoms. The van der Waals surface area contributed by atoms with Gasteiger partial charge in [-0.05, 0) is 31.1 Å². The Morgan fingerprint density at radius 3 is 2.07 bits per heavy atom. The van der Waals surface area contributed by atoms with Gasteiger partial charge < -0.3 is 9.59 Å². The van der Waals surface area contributed by atoms with Crippen LogP contribution in [0.3, 0.4) is 0 Å². The molecule has 14 heavy (non-hydrogen) atoms. The largest absolute Gasteiger partial charge is 0.302 e. The molecule has 0 N–H and O–H groups in total. The molecule has 0 aromatic carbocycles. The number of hydrogen-bond acceptors (Lipinski definition) is 2. The van der Waals surface area contributed by atoms with Crippen LogP contribution in [0, 0.1) is 17.3 Å². The summed E-state index contributed by atoms with van der Waals surface area (Å²) >= 11 is 0. The van der Waals surface area contributed by atoms with Gasteiger partial charge in [0.1, 0.15) is 12.6 Å². The Bertz CT molecular complexity index is 194. The average molecular weight is 196 g/mol. The zero-order valence-electron chi connectivity index (χ0n) is 9.16. The van der Waals surface area contributed by atoms with Crippen molar-refractivity contribution in [2.45, 2.75) is 46.0 Å². The lowest BCUT2D eigenvalue weighted by atomic mass is 9.71. The van der Waals surface area contributed by atoms with E-state index < -0.39 is 5.41 Å². The summed E-state index contributed by atoms with van der Waals surface area (Å²) in [6.07, 6.45) is 6.95. The first kappa shape index (κ1) is 11.4. The van der Waals surface area contributed by atoms with Crippen LogP contribution in [0.4, 0.5) is 0 Å². The Morgan fingerprint density at radius 2 is 1.71 bits per heavy atom. The first-order valence-electron chi connectivity index (χ1n) is 5.57. The van der Waals surface area contributed by atoms with Crippen molar-refractivity contribution in [3.8, 4) is 0 Å². The van der Waals surface area contributed by atoms with E-state index in [1.54, 1.807) is 0 Å². The summed E-state index contributed by atoms with van der Waals surface area (Å²) in [7, 11) is 0. The van der Waals surface area contributed by atoms with E-state index in [0.29, 0.717) is 18.3 Å².